The Balaban J connectivity index is 2.26. The molecule has 1 N–H and O–H groups in total. The molecule has 2 aromatic carbocycles. The number of rotatable bonds is 12. The zero-order valence-corrected chi connectivity index (χ0v) is 22.4. The monoisotopic (exact) mass is 532 g/mol. The average Bonchev–Trinajstić information content (AvgIpc) is 2.80. The normalized spacial score (nSPS) is 15.4. The van der Waals surface area contributed by atoms with Crippen molar-refractivity contribution in [3.05, 3.63) is 59.1 Å². The zero-order valence-electron chi connectivity index (χ0n) is 20.0. The van der Waals surface area contributed by atoms with Gasteiger partial charge in [-0.15, -0.1) is 0 Å². The number of sulfonamides is 2. The second-order valence-corrected chi connectivity index (χ2v) is 12.8. The van der Waals surface area contributed by atoms with E-state index in [1.165, 1.54) is 34.9 Å². The van der Waals surface area contributed by atoms with Crippen molar-refractivity contribution in [3.8, 4) is 0 Å². The third-order valence-corrected chi connectivity index (χ3v) is 9.78. The van der Waals surface area contributed by atoms with Gasteiger partial charge in [0, 0.05) is 38.3 Å². The summed E-state index contributed by atoms with van der Waals surface area (Å²) in [6.07, 6.45) is -0.604. The number of likely N-dealkylation sites (N-methyl/N-ethyl adjacent to an activating group) is 1. The topological polar surface area (TPSA) is 104 Å². The number of ether oxygens (including phenoxy) is 1. The summed E-state index contributed by atoms with van der Waals surface area (Å²) in [5.74, 6) is -0.399. The maximum absolute atomic E-state index is 13.3. The van der Waals surface area contributed by atoms with E-state index in [4.69, 9.17) is 16.3 Å². The van der Waals surface area contributed by atoms with Crippen molar-refractivity contribution in [2.24, 2.45) is 5.92 Å². The smallest absolute Gasteiger partial charge is 0.243 e. The van der Waals surface area contributed by atoms with E-state index < -0.39 is 38.1 Å². The van der Waals surface area contributed by atoms with Crippen molar-refractivity contribution < 1.29 is 26.7 Å². The van der Waals surface area contributed by atoms with Gasteiger partial charge in [-0.05, 0) is 50.1 Å². The van der Waals surface area contributed by atoms with Crippen LogP contribution in [-0.4, -0.2) is 76.6 Å². The third-order valence-electron chi connectivity index (χ3n) is 5.73. The number of hydrogen-bond acceptors (Lipinski definition) is 6. The van der Waals surface area contributed by atoms with Crippen LogP contribution in [0.1, 0.15) is 19.4 Å². The van der Waals surface area contributed by atoms with Gasteiger partial charge in [0.05, 0.1) is 22.5 Å². The molecule has 0 spiro atoms. The van der Waals surface area contributed by atoms with E-state index in [1.54, 1.807) is 50.2 Å². The SMILES string of the molecule is CO[C@@H](CN(C)S(=O)(=O)c1ccc(C)cc1)[C@H](C)CN([C@H](C)CO)S(=O)(=O)c1cccc(Cl)c1. The average molecular weight is 533 g/mol. The van der Waals surface area contributed by atoms with E-state index in [1.807, 2.05) is 6.92 Å². The predicted molar refractivity (Wildman–Crippen MR) is 133 cm³/mol. The molecule has 0 aromatic heterocycles. The van der Waals surface area contributed by atoms with Crippen LogP contribution in [0.2, 0.25) is 5.02 Å². The number of halogens is 1. The van der Waals surface area contributed by atoms with E-state index >= 15 is 0 Å². The molecule has 0 amide bonds. The quantitative estimate of drug-likeness (QED) is 0.450. The van der Waals surface area contributed by atoms with Crippen LogP contribution in [0.4, 0.5) is 0 Å². The summed E-state index contributed by atoms with van der Waals surface area (Å²) in [5.41, 5.74) is 0.948. The molecule has 2 rings (SSSR count). The lowest BCUT2D eigenvalue weighted by Crippen LogP contribution is -2.47. The molecule has 0 aliphatic rings. The number of aryl methyl sites for hydroxylation is 1. The van der Waals surface area contributed by atoms with Crippen LogP contribution in [0.5, 0.6) is 0 Å². The fourth-order valence-corrected chi connectivity index (χ4v) is 6.71. The lowest BCUT2D eigenvalue weighted by molar-refractivity contribution is 0.0360. The third kappa shape index (κ3) is 6.78. The van der Waals surface area contributed by atoms with Crippen LogP contribution in [-0.2, 0) is 24.8 Å². The van der Waals surface area contributed by atoms with Gasteiger partial charge in [-0.25, -0.2) is 16.8 Å². The summed E-state index contributed by atoms with van der Waals surface area (Å²) in [4.78, 5) is 0.183. The molecule has 0 heterocycles. The summed E-state index contributed by atoms with van der Waals surface area (Å²) in [7, 11) is -4.81. The Hall–Kier alpha value is -1.53. The van der Waals surface area contributed by atoms with Gasteiger partial charge in [0.25, 0.3) is 0 Å². The number of nitrogens with zero attached hydrogens (tertiary/aromatic N) is 2. The van der Waals surface area contributed by atoms with E-state index in [0.717, 1.165) is 5.56 Å². The van der Waals surface area contributed by atoms with Gasteiger partial charge in [0.2, 0.25) is 20.0 Å². The molecule has 0 saturated carbocycles. The molecular weight excluding hydrogens is 500 g/mol. The standard InChI is InChI=1S/C23H33ClN2O6S2/c1-17-9-11-21(12-10-17)33(28,29)25(4)15-23(32-5)18(2)14-26(19(3)16-27)34(30,31)22-8-6-7-20(24)13-22/h6-13,18-19,23,27H,14-16H2,1-5H3/t18-,19-,23+/m1/s1. The molecule has 34 heavy (non-hydrogen) atoms. The second kappa shape index (κ2) is 11.9. The molecule has 0 radical (unpaired) electrons. The molecule has 0 bridgehead atoms. The fourth-order valence-electron chi connectivity index (χ4n) is 3.50. The molecule has 0 aliphatic heterocycles. The largest absolute Gasteiger partial charge is 0.395 e. The van der Waals surface area contributed by atoms with Gasteiger partial charge in [0.1, 0.15) is 0 Å². The summed E-state index contributed by atoms with van der Waals surface area (Å²) in [6, 6.07) is 11.8. The fraction of sp³-hybridized carbons (Fsp3) is 0.478. The van der Waals surface area contributed by atoms with Crippen molar-refractivity contribution in [1.82, 2.24) is 8.61 Å². The van der Waals surface area contributed by atoms with Crippen molar-refractivity contribution in [2.75, 3.05) is 33.9 Å². The zero-order chi connectivity index (χ0) is 25.7. The minimum absolute atomic E-state index is 0.00744. The lowest BCUT2D eigenvalue weighted by atomic mass is 10.0. The predicted octanol–water partition coefficient (Wildman–Crippen LogP) is 2.99. The Morgan fingerprint density at radius 3 is 2.12 bits per heavy atom. The van der Waals surface area contributed by atoms with Crippen molar-refractivity contribution in [2.45, 2.75) is 42.7 Å². The number of benzene rings is 2. The summed E-state index contributed by atoms with van der Waals surface area (Å²) >= 11 is 5.99. The highest BCUT2D eigenvalue weighted by molar-refractivity contribution is 7.89. The van der Waals surface area contributed by atoms with Gasteiger partial charge in [-0.2, -0.15) is 8.61 Å². The number of aliphatic hydroxyl groups is 1. The van der Waals surface area contributed by atoms with Gasteiger partial charge < -0.3 is 9.84 Å². The van der Waals surface area contributed by atoms with E-state index in [2.05, 4.69) is 0 Å². The van der Waals surface area contributed by atoms with E-state index in [-0.39, 0.29) is 34.5 Å². The molecule has 190 valence electrons. The maximum Gasteiger partial charge on any atom is 0.243 e. The molecule has 0 fully saturated rings. The first kappa shape index (κ1) is 28.7. The summed E-state index contributed by atoms with van der Waals surface area (Å²) in [5, 5.41) is 10.0. The molecule has 0 saturated heterocycles. The highest BCUT2D eigenvalue weighted by Crippen LogP contribution is 2.25. The van der Waals surface area contributed by atoms with Crippen LogP contribution in [0.25, 0.3) is 0 Å². The molecule has 8 nitrogen and oxygen atoms in total. The van der Waals surface area contributed by atoms with Crippen LogP contribution >= 0.6 is 11.6 Å². The van der Waals surface area contributed by atoms with Crippen LogP contribution in [0.15, 0.2) is 58.3 Å². The Kier molecular flexibility index (Phi) is 10.1. The Morgan fingerprint density at radius 1 is 0.971 bits per heavy atom. The molecular formula is C23H33ClN2O6S2. The van der Waals surface area contributed by atoms with Crippen LogP contribution < -0.4 is 0 Å². The first-order valence-electron chi connectivity index (χ1n) is 10.8. The Bertz CT molecular complexity index is 1160. The maximum atomic E-state index is 13.3. The summed E-state index contributed by atoms with van der Waals surface area (Å²) < 4.78 is 60.6. The molecule has 0 aliphatic carbocycles. The van der Waals surface area contributed by atoms with E-state index in [0.29, 0.717) is 0 Å². The number of methoxy groups -OCH3 is 1. The minimum Gasteiger partial charge on any atom is -0.395 e. The van der Waals surface area contributed by atoms with Crippen LogP contribution in [0.3, 0.4) is 0 Å². The van der Waals surface area contributed by atoms with Crippen molar-refractivity contribution >= 4 is 31.6 Å². The van der Waals surface area contributed by atoms with Gasteiger partial charge in [-0.1, -0.05) is 42.3 Å². The molecule has 11 heteroatoms. The highest BCUT2D eigenvalue weighted by atomic mass is 35.5. The molecule has 0 unspecified atom stereocenters. The van der Waals surface area contributed by atoms with Gasteiger partial charge >= 0.3 is 0 Å². The van der Waals surface area contributed by atoms with E-state index in [9.17, 15) is 21.9 Å². The number of hydrogen-bond donors (Lipinski definition) is 1. The Morgan fingerprint density at radius 2 is 1.59 bits per heavy atom. The molecule has 3 atom stereocenters. The number of aliphatic hydroxyl groups excluding tert-OH is 1. The van der Waals surface area contributed by atoms with Gasteiger partial charge in [-0.3, -0.25) is 0 Å². The Labute approximate surface area is 208 Å². The lowest BCUT2D eigenvalue weighted by Gasteiger charge is -2.33. The van der Waals surface area contributed by atoms with Crippen molar-refractivity contribution in [3.63, 3.8) is 0 Å². The second-order valence-electron chi connectivity index (χ2n) is 8.41. The minimum atomic E-state index is -3.97. The van der Waals surface area contributed by atoms with Crippen molar-refractivity contribution in [1.29, 1.82) is 0 Å². The van der Waals surface area contributed by atoms with Gasteiger partial charge in [0.15, 0.2) is 0 Å². The summed E-state index contributed by atoms with van der Waals surface area (Å²) in [6.45, 7) is 4.90. The first-order chi connectivity index (χ1) is 15.8. The highest BCUT2D eigenvalue weighted by Gasteiger charge is 2.34. The molecule has 2 aromatic rings. The van der Waals surface area contributed by atoms with Crippen LogP contribution in [0, 0.1) is 12.8 Å². The first-order valence-corrected chi connectivity index (χ1v) is 14.0.